The largest absolute Gasteiger partial charge is 0.345 e. The fourth-order valence-electron chi connectivity index (χ4n) is 5.54. The molecule has 4 aromatic rings. The van der Waals surface area contributed by atoms with E-state index in [4.69, 9.17) is 10.1 Å². The molecule has 2 aliphatic heterocycles. The minimum atomic E-state index is -0.508. The SMILES string of the molecule is C[C@@H]1NC(=O)[C@@H]2CCCN2C(=O)CCCN(C(=O)c2cccn3cnnc23)CCn2nc(-c3ccccc3)nc21. The third kappa shape index (κ3) is 4.92. The van der Waals surface area contributed by atoms with Gasteiger partial charge in [0.15, 0.2) is 11.5 Å². The molecule has 40 heavy (non-hydrogen) atoms. The third-order valence-corrected chi connectivity index (χ3v) is 7.60. The van der Waals surface area contributed by atoms with Crippen molar-refractivity contribution in [1.82, 2.24) is 44.5 Å². The molecule has 5 heterocycles. The van der Waals surface area contributed by atoms with Crippen LogP contribution in [0, 0.1) is 0 Å². The van der Waals surface area contributed by atoms with Crippen molar-refractivity contribution in [1.29, 1.82) is 0 Å². The summed E-state index contributed by atoms with van der Waals surface area (Å²) >= 11 is 0. The van der Waals surface area contributed by atoms with E-state index >= 15 is 0 Å². The number of nitrogens with zero attached hydrogens (tertiary/aromatic N) is 8. The quantitative estimate of drug-likeness (QED) is 0.411. The van der Waals surface area contributed by atoms with Gasteiger partial charge in [0, 0.05) is 37.8 Å². The lowest BCUT2D eigenvalue weighted by Crippen LogP contribution is -2.47. The molecule has 1 aromatic carbocycles. The molecular weight excluding hydrogens is 510 g/mol. The molecule has 0 saturated carbocycles. The molecule has 0 unspecified atom stereocenters. The first kappa shape index (κ1) is 25.7. The van der Waals surface area contributed by atoms with E-state index < -0.39 is 12.1 Å². The average Bonchev–Trinajstić information content (AvgIpc) is 3.74. The molecule has 2 aliphatic rings. The maximum absolute atomic E-state index is 13.8. The van der Waals surface area contributed by atoms with E-state index in [0.717, 1.165) is 12.0 Å². The topological polar surface area (TPSA) is 131 Å². The summed E-state index contributed by atoms with van der Waals surface area (Å²) in [5, 5.41) is 15.9. The summed E-state index contributed by atoms with van der Waals surface area (Å²) in [7, 11) is 0. The lowest BCUT2D eigenvalue weighted by Gasteiger charge is -2.28. The van der Waals surface area contributed by atoms with E-state index in [9.17, 15) is 14.4 Å². The van der Waals surface area contributed by atoms with Gasteiger partial charge in [0.25, 0.3) is 5.91 Å². The molecule has 6 rings (SSSR count). The van der Waals surface area contributed by atoms with Gasteiger partial charge in [0.2, 0.25) is 11.8 Å². The Morgan fingerprint density at radius 2 is 1.85 bits per heavy atom. The molecule has 0 aliphatic carbocycles. The summed E-state index contributed by atoms with van der Waals surface area (Å²) in [6, 6.07) is 12.2. The number of amides is 3. The van der Waals surface area contributed by atoms with Crippen molar-refractivity contribution in [2.45, 2.75) is 51.2 Å². The predicted octanol–water partition coefficient (Wildman–Crippen LogP) is 2.09. The van der Waals surface area contributed by atoms with Crippen LogP contribution in [0.15, 0.2) is 55.0 Å². The molecule has 12 nitrogen and oxygen atoms in total. The first-order chi connectivity index (χ1) is 19.5. The highest BCUT2D eigenvalue weighted by Gasteiger charge is 2.35. The first-order valence-electron chi connectivity index (χ1n) is 13.7. The second-order valence-electron chi connectivity index (χ2n) is 10.2. The zero-order chi connectivity index (χ0) is 27.6. The van der Waals surface area contributed by atoms with Crippen LogP contribution in [-0.2, 0) is 16.1 Å². The van der Waals surface area contributed by atoms with Gasteiger partial charge in [-0.25, -0.2) is 9.67 Å². The van der Waals surface area contributed by atoms with Crippen LogP contribution < -0.4 is 5.32 Å². The first-order valence-corrected chi connectivity index (χ1v) is 13.7. The fraction of sp³-hybridized carbons (Fsp3) is 0.393. The molecule has 206 valence electrons. The molecule has 12 heteroatoms. The number of pyridine rings is 1. The number of hydrogen-bond donors (Lipinski definition) is 1. The van der Waals surface area contributed by atoms with Crippen LogP contribution in [0.25, 0.3) is 17.0 Å². The lowest BCUT2D eigenvalue weighted by atomic mass is 10.1. The van der Waals surface area contributed by atoms with Crippen molar-refractivity contribution >= 4 is 23.4 Å². The van der Waals surface area contributed by atoms with Gasteiger partial charge in [-0.05, 0) is 38.3 Å². The van der Waals surface area contributed by atoms with Gasteiger partial charge in [-0.15, -0.1) is 10.2 Å². The van der Waals surface area contributed by atoms with Crippen LogP contribution in [-0.4, -0.2) is 82.6 Å². The molecule has 1 fully saturated rings. The summed E-state index contributed by atoms with van der Waals surface area (Å²) in [6.07, 6.45) is 5.48. The van der Waals surface area contributed by atoms with Crippen LogP contribution >= 0.6 is 0 Å². The zero-order valence-corrected chi connectivity index (χ0v) is 22.3. The van der Waals surface area contributed by atoms with Crippen LogP contribution in [0.1, 0.15) is 54.8 Å². The van der Waals surface area contributed by atoms with Crippen LogP contribution in [0.5, 0.6) is 0 Å². The Morgan fingerprint density at radius 3 is 2.70 bits per heavy atom. The Bertz CT molecular complexity index is 1550. The van der Waals surface area contributed by atoms with E-state index in [-0.39, 0.29) is 24.1 Å². The summed E-state index contributed by atoms with van der Waals surface area (Å²) in [5.74, 6) is 0.702. The van der Waals surface area contributed by atoms with Crippen LogP contribution in [0.2, 0.25) is 0 Å². The number of nitrogens with one attached hydrogen (secondary N) is 1. The van der Waals surface area contributed by atoms with Gasteiger partial charge in [-0.2, -0.15) is 5.10 Å². The van der Waals surface area contributed by atoms with E-state index in [1.165, 1.54) is 0 Å². The van der Waals surface area contributed by atoms with Crippen molar-refractivity contribution in [3.05, 3.63) is 66.4 Å². The second kappa shape index (κ2) is 10.9. The van der Waals surface area contributed by atoms with Gasteiger partial charge in [-0.1, -0.05) is 30.3 Å². The molecular formula is C28H31N9O3. The van der Waals surface area contributed by atoms with E-state index in [0.29, 0.717) is 61.9 Å². The van der Waals surface area contributed by atoms with Gasteiger partial charge < -0.3 is 15.1 Å². The number of carbonyl (C=O) groups excluding carboxylic acids is 3. The normalized spacial score (nSPS) is 20.6. The van der Waals surface area contributed by atoms with Gasteiger partial charge in [-0.3, -0.25) is 18.8 Å². The van der Waals surface area contributed by atoms with Crippen molar-refractivity contribution < 1.29 is 14.4 Å². The number of hydrogen-bond acceptors (Lipinski definition) is 7. The molecule has 3 amide bonds. The molecule has 0 radical (unpaired) electrons. The summed E-state index contributed by atoms with van der Waals surface area (Å²) in [4.78, 5) is 48.4. The maximum Gasteiger partial charge on any atom is 0.257 e. The Hall–Kier alpha value is -4.61. The smallest absolute Gasteiger partial charge is 0.257 e. The molecule has 1 N–H and O–H groups in total. The highest BCUT2D eigenvalue weighted by Crippen LogP contribution is 2.23. The number of aromatic nitrogens is 6. The number of fused-ring (bicyclic) bond motifs is 3. The molecule has 2 atom stereocenters. The molecule has 0 bridgehead atoms. The van der Waals surface area contributed by atoms with Crippen molar-refractivity contribution in [3.8, 4) is 11.4 Å². The Labute approximate surface area is 231 Å². The number of rotatable bonds is 2. The van der Waals surface area contributed by atoms with Crippen molar-refractivity contribution in [2.24, 2.45) is 0 Å². The maximum atomic E-state index is 13.8. The Morgan fingerprint density at radius 1 is 1.00 bits per heavy atom. The van der Waals surface area contributed by atoms with Gasteiger partial charge >= 0.3 is 0 Å². The molecule has 0 spiro atoms. The van der Waals surface area contributed by atoms with E-state index in [1.807, 2.05) is 37.3 Å². The van der Waals surface area contributed by atoms with Crippen molar-refractivity contribution in [2.75, 3.05) is 19.6 Å². The van der Waals surface area contributed by atoms with E-state index in [1.54, 1.807) is 43.5 Å². The highest BCUT2D eigenvalue weighted by atomic mass is 16.2. The average molecular weight is 542 g/mol. The fourth-order valence-corrected chi connectivity index (χ4v) is 5.54. The molecule has 3 aromatic heterocycles. The summed E-state index contributed by atoms with van der Waals surface area (Å²) in [6.45, 7) is 3.49. The highest BCUT2D eigenvalue weighted by molar-refractivity contribution is 5.99. The predicted molar refractivity (Wildman–Crippen MR) is 145 cm³/mol. The summed E-state index contributed by atoms with van der Waals surface area (Å²) in [5.41, 5.74) is 1.78. The standard InChI is InChI=1S/C28H31N9O3/c1-19-25-31-24(20-8-3-2-4-9-20)33-37(25)17-16-34(28(40)21-10-5-14-35-18-29-32-26(21)35)13-7-12-23(38)36-15-6-11-22(36)27(39)30-19/h2-5,8-10,14,18-19,22H,6-7,11-13,15-17H2,1H3,(H,30,39)/t19-,22-/m0/s1. The monoisotopic (exact) mass is 541 g/mol. The Balaban J connectivity index is 1.35. The van der Waals surface area contributed by atoms with Crippen molar-refractivity contribution in [3.63, 3.8) is 0 Å². The van der Waals surface area contributed by atoms with Crippen LogP contribution in [0.3, 0.4) is 0 Å². The minimum Gasteiger partial charge on any atom is -0.345 e. The number of carbonyl (C=O) groups is 3. The molecule has 1 saturated heterocycles. The third-order valence-electron chi connectivity index (χ3n) is 7.60. The zero-order valence-electron chi connectivity index (χ0n) is 22.3. The summed E-state index contributed by atoms with van der Waals surface area (Å²) < 4.78 is 3.48. The van der Waals surface area contributed by atoms with E-state index in [2.05, 4.69) is 15.5 Å². The Kier molecular flexibility index (Phi) is 6.97. The minimum absolute atomic E-state index is 0.0659. The van der Waals surface area contributed by atoms with Crippen LogP contribution in [0.4, 0.5) is 0 Å². The van der Waals surface area contributed by atoms with Gasteiger partial charge in [0.1, 0.15) is 18.2 Å². The van der Waals surface area contributed by atoms with Gasteiger partial charge in [0.05, 0.1) is 18.2 Å². The second-order valence-corrected chi connectivity index (χ2v) is 10.2. The number of benzene rings is 1. The lowest BCUT2D eigenvalue weighted by molar-refractivity contribution is -0.138.